The summed E-state index contributed by atoms with van der Waals surface area (Å²) in [5.41, 5.74) is 1.61. The third-order valence-electron chi connectivity index (χ3n) is 5.70. The Morgan fingerprint density at radius 3 is 2.42 bits per heavy atom. The van der Waals surface area contributed by atoms with Crippen LogP contribution in [0.2, 0.25) is 15.1 Å². The van der Waals surface area contributed by atoms with Gasteiger partial charge in [-0.2, -0.15) is 0 Å². The minimum Gasteiger partial charge on any atom is -0.352 e. The van der Waals surface area contributed by atoms with Gasteiger partial charge in [0, 0.05) is 17.6 Å². The second kappa shape index (κ2) is 11.2. The van der Waals surface area contributed by atoms with Crippen LogP contribution in [0, 0.1) is 0 Å². The lowest BCUT2D eigenvalue weighted by Crippen LogP contribution is -2.50. The van der Waals surface area contributed by atoms with Gasteiger partial charge in [0.15, 0.2) is 0 Å². The first-order chi connectivity index (χ1) is 14.8. The van der Waals surface area contributed by atoms with Crippen molar-refractivity contribution in [3.8, 4) is 0 Å². The number of carbonyl (C=O) groups excluding carboxylic acids is 2. The van der Waals surface area contributed by atoms with Gasteiger partial charge in [0.2, 0.25) is 11.8 Å². The first-order valence-corrected chi connectivity index (χ1v) is 11.7. The van der Waals surface area contributed by atoms with Gasteiger partial charge in [0.05, 0.1) is 16.5 Å². The lowest BCUT2D eigenvalue weighted by atomic mass is 9.95. The summed E-state index contributed by atoms with van der Waals surface area (Å²) < 4.78 is 0. The van der Waals surface area contributed by atoms with Crippen LogP contribution in [0.15, 0.2) is 42.5 Å². The van der Waals surface area contributed by atoms with Gasteiger partial charge >= 0.3 is 0 Å². The predicted molar refractivity (Wildman–Crippen MR) is 127 cm³/mol. The fourth-order valence-electron chi connectivity index (χ4n) is 3.91. The van der Waals surface area contributed by atoms with E-state index in [2.05, 4.69) is 5.32 Å². The van der Waals surface area contributed by atoms with Crippen molar-refractivity contribution in [2.24, 2.45) is 0 Å². The van der Waals surface area contributed by atoms with Crippen molar-refractivity contribution in [3.63, 3.8) is 0 Å². The molecule has 7 heteroatoms. The number of benzene rings is 2. The molecule has 0 bridgehead atoms. The molecule has 0 spiro atoms. The van der Waals surface area contributed by atoms with Crippen molar-refractivity contribution in [2.75, 3.05) is 0 Å². The average Bonchev–Trinajstić information content (AvgIpc) is 2.74. The van der Waals surface area contributed by atoms with E-state index in [1.165, 1.54) is 6.42 Å². The van der Waals surface area contributed by atoms with Gasteiger partial charge in [-0.3, -0.25) is 9.59 Å². The molecule has 1 atom stereocenters. The summed E-state index contributed by atoms with van der Waals surface area (Å²) in [6.07, 6.45) is 5.59. The molecule has 2 aromatic rings. The Morgan fingerprint density at radius 1 is 1.00 bits per heavy atom. The number of amides is 2. The van der Waals surface area contributed by atoms with Gasteiger partial charge in [0.1, 0.15) is 6.04 Å². The third kappa shape index (κ3) is 6.86. The van der Waals surface area contributed by atoms with Crippen LogP contribution in [-0.2, 0) is 22.6 Å². The zero-order valence-electron chi connectivity index (χ0n) is 17.5. The molecule has 1 saturated carbocycles. The van der Waals surface area contributed by atoms with Crippen molar-refractivity contribution < 1.29 is 9.59 Å². The molecular weight excluding hydrogens is 455 g/mol. The summed E-state index contributed by atoms with van der Waals surface area (Å²) in [6, 6.07) is 12.0. The van der Waals surface area contributed by atoms with Crippen LogP contribution in [0.1, 0.15) is 50.2 Å². The molecule has 1 fully saturated rings. The molecule has 4 nitrogen and oxygen atoms in total. The molecule has 166 valence electrons. The fourth-order valence-corrected chi connectivity index (χ4v) is 4.44. The van der Waals surface area contributed by atoms with Gasteiger partial charge in [-0.05, 0) is 55.2 Å². The number of rotatable bonds is 7. The van der Waals surface area contributed by atoms with Crippen molar-refractivity contribution in [3.05, 3.63) is 68.7 Å². The highest BCUT2D eigenvalue weighted by atomic mass is 35.5. The maximum Gasteiger partial charge on any atom is 0.242 e. The molecule has 1 aliphatic rings. The molecule has 0 aliphatic heterocycles. The molecule has 2 amide bonds. The summed E-state index contributed by atoms with van der Waals surface area (Å²) in [7, 11) is 0. The molecule has 0 aromatic heterocycles. The van der Waals surface area contributed by atoms with Crippen LogP contribution >= 0.6 is 34.8 Å². The summed E-state index contributed by atoms with van der Waals surface area (Å²) in [4.78, 5) is 27.9. The first-order valence-electron chi connectivity index (χ1n) is 10.6. The van der Waals surface area contributed by atoms with Crippen LogP contribution in [0.3, 0.4) is 0 Å². The maximum absolute atomic E-state index is 13.3. The van der Waals surface area contributed by atoms with Crippen LogP contribution in [-0.4, -0.2) is 28.8 Å². The van der Waals surface area contributed by atoms with Crippen molar-refractivity contribution >= 4 is 46.6 Å². The average molecular weight is 482 g/mol. The Labute approximate surface area is 198 Å². The van der Waals surface area contributed by atoms with E-state index in [0.29, 0.717) is 15.1 Å². The smallest absolute Gasteiger partial charge is 0.242 e. The van der Waals surface area contributed by atoms with Crippen molar-refractivity contribution in [2.45, 2.75) is 64.1 Å². The van der Waals surface area contributed by atoms with Gasteiger partial charge in [-0.25, -0.2) is 0 Å². The van der Waals surface area contributed by atoms with E-state index < -0.39 is 6.04 Å². The predicted octanol–water partition coefficient (Wildman–Crippen LogP) is 6.06. The highest BCUT2D eigenvalue weighted by molar-refractivity contribution is 6.42. The second-order valence-corrected chi connectivity index (χ2v) is 9.35. The summed E-state index contributed by atoms with van der Waals surface area (Å²) in [5, 5.41) is 4.57. The number of carbonyl (C=O) groups is 2. The van der Waals surface area contributed by atoms with Crippen LogP contribution in [0.25, 0.3) is 0 Å². The normalized spacial score (nSPS) is 15.4. The van der Waals surface area contributed by atoms with Gasteiger partial charge in [-0.15, -0.1) is 0 Å². The van der Waals surface area contributed by atoms with E-state index in [0.717, 1.165) is 36.8 Å². The Kier molecular flexibility index (Phi) is 8.65. The number of hydrogen-bond donors (Lipinski definition) is 1. The first kappa shape index (κ1) is 23.9. The molecular formula is C24H27Cl3N2O2. The quantitative estimate of drug-likeness (QED) is 0.523. The Bertz CT molecular complexity index is 929. The van der Waals surface area contributed by atoms with E-state index in [9.17, 15) is 9.59 Å². The molecule has 1 N–H and O–H groups in total. The van der Waals surface area contributed by atoms with Crippen molar-refractivity contribution in [1.29, 1.82) is 0 Å². The second-order valence-electron chi connectivity index (χ2n) is 8.10. The minimum atomic E-state index is -0.622. The van der Waals surface area contributed by atoms with Gasteiger partial charge in [-0.1, -0.05) is 72.3 Å². The van der Waals surface area contributed by atoms with Crippen molar-refractivity contribution in [1.82, 2.24) is 10.2 Å². The molecule has 0 saturated heterocycles. The van der Waals surface area contributed by atoms with E-state index in [1.807, 2.05) is 18.2 Å². The fraction of sp³-hybridized carbons (Fsp3) is 0.417. The SMILES string of the molecule is C[C@H](C(=O)NC1CCCCC1)N(Cc1ccc(Cl)c(Cl)c1)C(=O)Cc1cccc(Cl)c1. The van der Waals surface area contributed by atoms with Gasteiger partial charge < -0.3 is 10.2 Å². The standard InChI is InChI=1S/C24H27Cl3N2O2/c1-16(24(31)28-20-8-3-2-4-9-20)29(15-18-10-11-21(26)22(27)13-18)23(30)14-17-6-5-7-19(25)12-17/h5-7,10-13,16,20H,2-4,8-9,14-15H2,1H3,(H,28,31)/t16-/m1/s1. The van der Waals surface area contributed by atoms with E-state index >= 15 is 0 Å². The Hall–Kier alpha value is -1.75. The Morgan fingerprint density at radius 2 is 1.74 bits per heavy atom. The van der Waals surface area contributed by atoms with E-state index in [4.69, 9.17) is 34.8 Å². The summed E-state index contributed by atoms with van der Waals surface area (Å²) in [6.45, 7) is 2.03. The molecule has 0 heterocycles. The van der Waals surface area contributed by atoms with Crippen LogP contribution < -0.4 is 5.32 Å². The molecule has 2 aromatic carbocycles. The molecule has 0 radical (unpaired) electrons. The van der Waals surface area contributed by atoms with E-state index in [-0.39, 0.29) is 30.8 Å². The van der Waals surface area contributed by atoms with E-state index in [1.54, 1.807) is 36.1 Å². The summed E-state index contributed by atoms with van der Waals surface area (Å²) in [5.74, 6) is -0.286. The minimum absolute atomic E-state index is 0.133. The number of nitrogens with one attached hydrogen (secondary N) is 1. The highest BCUT2D eigenvalue weighted by Gasteiger charge is 2.28. The molecule has 31 heavy (non-hydrogen) atoms. The highest BCUT2D eigenvalue weighted by Crippen LogP contribution is 2.24. The molecule has 0 unspecified atom stereocenters. The molecule has 1 aliphatic carbocycles. The number of hydrogen-bond acceptors (Lipinski definition) is 2. The maximum atomic E-state index is 13.3. The monoisotopic (exact) mass is 480 g/mol. The zero-order valence-corrected chi connectivity index (χ0v) is 19.8. The largest absolute Gasteiger partial charge is 0.352 e. The number of nitrogens with zero attached hydrogens (tertiary/aromatic N) is 1. The number of halogens is 3. The summed E-state index contributed by atoms with van der Waals surface area (Å²) >= 11 is 18.3. The Balaban J connectivity index is 1.78. The van der Waals surface area contributed by atoms with Crippen LogP contribution in [0.4, 0.5) is 0 Å². The third-order valence-corrected chi connectivity index (χ3v) is 6.67. The lowest BCUT2D eigenvalue weighted by molar-refractivity contribution is -0.140. The van der Waals surface area contributed by atoms with Crippen LogP contribution in [0.5, 0.6) is 0 Å². The van der Waals surface area contributed by atoms with Gasteiger partial charge in [0.25, 0.3) is 0 Å². The lowest BCUT2D eigenvalue weighted by Gasteiger charge is -2.31. The molecule has 3 rings (SSSR count). The topological polar surface area (TPSA) is 49.4 Å². The zero-order chi connectivity index (χ0) is 22.4.